The van der Waals surface area contributed by atoms with Gasteiger partial charge in [-0.25, -0.2) is 0 Å². The van der Waals surface area contributed by atoms with Crippen LogP contribution in [0.15, 0.2) is 48.5 Å². The lowest BCUT2D eigenvalue weighted by Gasteiger charge is -2.01. The van der Waals surface area contributed by atoms with Gasteiger partial charge in [0.05, 0.1) is 18.2 Å². The van der Waals surface area contributed by atoms with Gasteiger partial charge < -0.3 is 5.32 Å². The van der Waals surface area contributed by atoms with Gasteiger partial charge in [0, 0.05) is 16.7 Å². The van der Waals surface area contributed by atoms with Crippen LogP contribution in [0.1, 0.15) is 38.8 Å². The van der Waals surface area contributed by atoms with Crippen LogP contribution in [0.3, 0.4) is 0 Å². The summed E-state index contributed by atoms with van der Waals surface area (Å²) in [6.07, 6.45) is 0. The zero-order chi connectivity index (χ0) is 16.7. The topological polar surface area (TPSA) is 70.0 Å². The monoisotopic (exact) mass is 302 g/mol. The summed E-state index contributed by atoms with van der Waals surface area (Å²) in [5.74, 6) is 5.54. The highest BCUT2D eigenvalue weighted by Gasteiger charge is 2.03. The molecule has 0 fully saturated rings. The van der Waals surface area contributed by atoms with Crippen LogP contribution in [0.4, 0.5) is 0 Å². The zero-order valence-corrected chi connectivity index (χ0v) is 12.6. The van der Waals surface area contributed by atoms with Gasteiger partial charge in [0.15, 0.2) is 5.78 Å². The van der Waals surface area contributed by atoms with Crippen LogP contribution in [0.25, 0.3) is 0 Å². The average Bonchev–Trinajstić information content (AvgIpc) is 2.59. The number of nitrogens with one attached hydrogen (secondary N) is 1. The van der Waals surface area contributed by atoms with Crippen molar-refractivity contribution in [3.63, 3.8) is 0 Å². The second-order valence-corrected chi connectivity index (χ2v) is 4.81. The van der Waals surface area contributed by atoms with Crippen LogP contribution in [-0.2, 0) is 0 Å². The Bertz CT molecular complexity index is 817. The van der Waals surface area contributed by atoms with Crippen molar-refractivity contribution in [3.8, 4) is 17.9 Å². The Balaban J connectivity index is 1.90. The molecule has 4 nitrogen and oxygen atoms in total. The van der Waals surface area contributed by atoms with Crippen molar-refractivity contribution < 1.29 is 9.59 Å². The molecule has 0 aliphatic rings. The second kappa shape index (κ2) is 7.59. The van der Waals surface area contributed by atoms with Crippen molar-refractivity contribution in [2.45, 2.75) is 6.92 Å². The quantitative estimate of drug-likeness (QED) is 0.699. The summed E-state index contributed by atoms with van der Waals surface area (Å²) < 4.78 is 0. The Kier molecular flexibility index (Phi) is 5.28. The van der Waals surface area contributed by atoms with Crippen LogP contribution in [0.5, 0.6) is 0 Å². The van der Waals surface area contributed by atoms with E-state index in [1.54, 1.807) is 48.5 Å². The van der Waals surface area contributed by atoms with Crippen LogP contribution in [-0.4, -0.2) is 18.2 Å². The molecular formula is C19H14N2O2. The first-order valence-corrected chi connectivity index (χ1v) is 6.98. The van der Waals surface area contributed by atoms with E-state index < -0.39 is 0 Å². The molecule has 112 valence electrons. The lowest BCUT2D eigenvalue weighted by Crippen LogP contribution is -2.23. The molecule has 23 heavy (non-hydrogen) atoms. The molecule has 0 aliphatic heterocycles. The SMILES string of the molecule is CC(=O)c1ccc(C#CCNC(=O)c2ccc(C#N)cc2)cc1. The van der Waals surface area contributed by atoms with E-state index in [9.17, 15) is 9.59 Å². The van der Waals surface area contributed by atoms with Crippen LogP contribution >= 0.6 is 0 Å². The summed E-state index contributed by atoms with van der Waals surface area (Å²) >= 11 is 0. The number of carbonyl (C=O) groups excluding carboxylic acids is 2. The molecule has 1 N–H and O–H groups in total. The minimum absolute atomic E-state index is 0.0131. The first kappa shape index (κ1) is 16.0. The van der Waals surface area contributed by atoms with E-state index in [1.807, 2.05) is 6.07 Å². The summed E-state index contributed by atoms with van der Waals surface area (Å²) in [6.45, 7) is 1.73. The Morgan fingerprint density at radius 2 is 1.52 bits per heavy atom. The lowest BCUT2D eigenvalue weighted by molar-refractivity contribution is 0.0957. The molecule has 0 radical (unpaired) electrons. The number of carbonyl (C=O) groups is 2. The predicted octanol–water partition coefficient (Wildman–Crippen LogP) is 2.54. The molecule has 2 rings (SSSR count). The minimum atomic E-state index is -0.240. The first-order chi connectivity index (χ1) is 11.1. The van der Waals surface area contributed by atoms with Gasteiger partial charge in [-0.1, -0.05) is 24.0 Å². The molecule has 2 aromatic carbocycles. The third-order valence-electron chi connectivity index (χ3n) is 3.14. The molecule has 0 saturated heterocycles. The third-order valence-corrected chi connectivity index (χ3v) is 3.14. The van der Waals surface area contributed by atoms with Crippen molar-refractivity contribution in [1.82, 2.24) is 5.32 Å². The number of ketones is 1. The van der Waals surface area contributed by atoms with Gasteiger partial charge in [-0.3, -0.25) is 9.59 Å². The largest absolute Gasteiger partial charge is 0.341 e. The molecule has 0 heterocycles. The predicted molar refractivity (Wildman–Crippen MR) is 86.8 cm³/mol. The molecule has 0 atom stereocenters. The van der Waals surface area contributed by atoms with Gasteiger partial charge in [-0.05, 0) is 43.3 Å². The number of nitriles is 1. The molecular weight excluding hydrogens is 288 g/mol. The maximum atomic E-state index is 11.9. The summed E-state index contributed by atoms with van der Waals surface area (Å²) in [6, 6.07) is 15.4. The fourth-order valence-electron chi connectivity index (χ4n) is 1.86. The lowest BCUT2D eigenvalue weighted by atomic mass is 10.1. The number of Topliss-reactive ketones (excluding diaryl/α,β-unsaturated/α-hetero) is 1. The van der Waals surface area contributed by atoms with E-state index in [0.717, 1.165) is 5.56 Å². The standard InChI is InChI=1S/C19H14N2O2/c1-14(22)17-8-4-15(5-9-17)3-2-12-21-19(23)18-10-6-16(13-20)7-11-18/h4-11H,12H2,1H3,(H,21,23). The molecule has 0 unspecified atom stereocenters. The third kappa shape index (κ3) is 4.56. The number of hydrogen-bond acceptors (Lipinski definition) is 3. The maximum Gasteiger partial charge on any atom is 0.252 e. The summed E-state index contributed by atoms with van der Waals surface area (Å²) in [4.78, 5) is 23.0. The Morgan fingerprint density at radius 1 is 0.957 bits per heavy atom. The van der Waals surface area contributed by atoms with Crippen molar-refractivity contribution in [2.24, 2.45) is 0 Å². The smallest absolute Gasteiger partial charge is 0.252 e. The summed E-state index contributed by atoms with van der Waals surface area (Å²) in [5.41, 5.74) is 2.42. The fourth-order valence-corrected chi connectivity index (χ4v) is 1.86. The van der Waals surface area contributed by atoms with Gasteiger partial charge in [0.2, 0.25) is 0 Å². The highest BCUT2D eigenvalue weighted by Crippen LogP contribution is 2.04. The number of rotatable bonds is 3. The molecule has 4 heteroatoms. The van der Waals surface area contributed by atoms with E-state index >= 15 is 0 Å². The number of benzene rings is 2. The van der Waals surface area contributed by atoms with Gasteiger partial charge in [0.25, 0.3) is 5.91 Å². The van der Waals surface area contributed by atoms with E-state index in [1.165, 1.54) is 6.92 Å². The molecule has 0 aromatic heterocycles. The van der Waals surface area contributed by atoms with Gasteiger partial charge >= 0.3 is 0 Å². The second-order valence-electron chi connectivity index (χ2n) is 4.81. The van der Waals surface area contributed by atoms with Gasteiger partial charge in [-0.2, -0.15) is 5.26 Å². The molecule has 0 aliphatic carbocycles. The Morgan fingerprint density at radius 3 is 2.09 bits per heavy atom. The van der Waals surface area contributed by atoms with E-state index in [2.05, 4.69) is 17.2 Å². The van der Waals surface area contributed by atoms with Gasteiger partial charge in [-0.15, -0.1) is 0 Å². The highest BCUT2D eigenvalue weighted by atomic mass is 16.1. The highest BCUT2D eigenvalue weighted by molar-refractivity contribution is 5.94. The van der Waals surface area contributed by atoms with Crippen molar-refractivity contribution >= 4 is 11.7 Å². The van der Waals surface area contributed by atoms with Crippen molar-refractivity contribution in [1.29, 1.82) is 5.26 Å². The molecule has 2 aromatic rings. The average molecular weight is 302 g/mol. The normalized spacial score (nSPS) is 9.22. The maximum absolute atomic E-state index is 11.9. The van der Waals surface area contributed by atoms with Gasteiger partial charge in [0.1, 0.15) is 0 Å². The number of amides is 1. The van der Waals surface area contributed by atoms with E-state index in [0.29, 0.717) is 16.7 Å². The Labute approximate surface area is 134 Å². The number of nitrogens with zero attached hydrogens (tertiary/aromatic N) is 1. The van der Waals surface area contributed by atoms with Crippen LogP contribution < -0.4 is 5.32 Å². The zero-order valence-electron chi connectivity index (χ0n) is 12.6. The summed E-state index contributed by atoms with van der Waals surface area (Å²) in [5, 5.41) is 11.4. The minimum Gasteiger partial charge on any atom is -0.341 e. The van der Waals surface area contributed by atoms with E-state index in [-0.39, 0.29) is 18.2 Å². The fraction of sp³-hybridized carbons (Fsp3) is 0.105. The molecule has 0 spiro atoms. The first-order valence-electron chi connectivity index (χ1n) is 6.98. The molecule has 1 amide bonds. The van der Waals surface area contributed by atoms with Crippen LogP contribution in [0.2, 0.25) is 0 Å². The molecule has 0 saturated carbocycles. The number of hydrogen-bond donors (Lipinski definition) is 1. The molecule has 0 bridgehead atoms. The van der Waals surface area contributed by atoms with Crippen LogP contribution in [0, 0.1) is 23.2 Å². The van der Waals surface area contributed by atoms with Crippen molar-refractivity contribution in [3.05, 3.63) is 70.8 Å². The summed E-state index contributed by atoms with van der Waals surface area (Å²) in [7, 11) is 0. The van der Waals surface area contributed by atoms with Crippen molar-refractivity contribution in [2.75, 3.05) is 6.54 Å². The van der Waals surface area contributed by atoms with E-state index in [4.69, 9.17) is 5.26 Å². The Hall–Kier alpha value is -3.37.